The van der Waals surface area contributed by atoms with Crippen LogP contribution in [-0.2, 0) is 4.79 Å². The van der Waals surface area contributed by atoms with Crippen LogP contribution in [0.15, 0.2) is 0 Å². The lowest BCUT2D eigenvalue weighted by Crippen LogP contribution is -2.52. The predicted molar refractivity (Wildman–Crippen MR) is 72.3 cm³/mol. The Morgan fingerprint density at radius 1 is 1.17 bits per heavy atom. The zero-order chi connectivity index (χ0) is 13.0. The summed E-state index contributed by atoms with van der Waals surface area (Å²) in [6.07, 6.45) is 3.32. The minimum atomic E-state index is 0.154. The third-order valence-electron chi connectivity index (χ3n) is 4.18. The molecule has 2 aliphatic rings. The largest absolute Gasteiger partial charge is 0.344 e. The number of likely N-dealkylation sites (N-methyl/N-ethyl adjacent to an activating group) is 1. The second-order valence-electron chi connectivity index (χ2n) is 5.44. The maximum Gasteiger partial charge on any atom is 0.239 e. The van der Waals surface area contributed by atoms with Crippen LogP contribution in [0, 0.1) is 0 Å². The van der Waals surface area contributed by atoms with E-state index in [-0.39, 0.29) is 6.04 Å². The van der Waals surface area contributed by atoms with Gasteiger partial charge in [-0.1, -0.05) is 0 Å². The number of hydrogen-bond acceptors (Lipinski definition) is 4. The van der Waals surface area contributed by atoms with Crippen LogP contribution < -0.4 is 5.73 Å². The minimum Gasteiger partial charge on any atom is -0.344 e. The van der Waals surface area contributed by atoms with Gasteiger partial charge in [0.1, 0.15) is 0 Å². The molecule has 2 N–H and O–H groups in total. The molecule has 0 spiro atoms. The second kappa shape index (κ2) is 6.50. The molecule has 2 fully saturated rings. The van der Waals surface area contributed by atoms with Crippen LogP contribution in [0.5, 0.6) is 0 Å². The first-order valence-electron chi connectivity index (χ1n) is 7.14. The van der Waals surface area contributed by atoms with Crippen molar-refractivity contribution in [2.45, 2.75) is 25.3 Å². The number of nitrogens with two attached hydrogens (primary N) is 1. The molecule has 5 heteroatoms. The quantitative estimate of drug-likeness (QED) is 0.677. The fourth-order valence-electron chi connectivity index (χ4n) is 2.92. The normalized spacial score (nSPS) is 27.1. The van der Waals surface area contributed by atoms with Gasteiger partial charge in [-0.25, -0.2) is 0 Å². The van der Waals surface area contributed by atoms with E-state index in [0.29, 0.717) is 5.91 Å². The molecule has 1 amide bonds. The van der Waals surface area contributed by atoms with Gasteiger partial charge in [0.25, 0.3) is 0 Å². The van der Waals surface area contributed by atoms with Gasteiger partial charge in [0.2, 0.25) is 5.91 Å². The van der Waals surface area contributed by atoms with Crippen LogP contribution in [-0.4, -0.2) is 79.5 Å². The molecular weight excluding hydrogens is 228 g/mol. The molecule has 0 aliphatic carbocycles. The lowest BCUT2D eigenvalue weighted by atomic mass is 10.1. The summed E-state index contributed by atoms with van der Waals surface area (Å²) in [7, 11) is 1.91. The van der Waals surface area contributed by atoms with Crippen molar-refractivity contribution in [1.82, 2.24) is 14.7 Å². The van der Waals surface area contributed by atoms with Crippen LogP contribution in [0.25, 0.3) is 0 Å². The molecule has 0 radical (unpaired) electrons. The maximum absolute atomic E-state index is 12.0. The van der Waals surface area contributed by atoms with Crippen molar-refractivity contribution in [2.24, 2.45) is 5.73 Å². The third kappa shape index (κ3) is 3.22. The van der Waals surface area contributed by atoms with Crippen molar-refractivity contribution in [3.8, 4) is 0 Å². The Kier molecular flexibility index (Phi) is 4.97. The molecule has 0 aromatic carbocycles. The van der Waals surface area contributed by atoms with Crippen LogP contribution in [0.3, 0.4) is 0 Å². The molecule has 0 saturated carbocycles. The summed E-state index contributed by atoms with van der Waals surface area (Å²) >= 11 is 0. The molecule has 0 aromatic heterocycles. The SMILES string of the molecule is CN1CCC(N2CCN(CCCCN)CC2)C1=O. The van der Waals surface area contributed by atoms with Gasteiger partial charge < -0.3 is 15.5 Å². The lowest BCUT2D eigenvalue weighted by molar-refractivity contribution is -0.131. The van der Waals surface area contributed by atoms with E-state index in [1.165, 1.54) is 6.42 Å². The summed E-state index contributed by atoms with van der Waals surface area (Å²) in [5.74, 6) is 0.312. The van der Waals surface area contributed by atoms with Crippen molar-refractivity contribution >= 4 is 5.91 Å². The van der Waals surface area contributed by atoms with E-state index >= 15 is 0 Å². The van der Waals surface area contributed by atoms with Gasteiger partial charge >= 0.3 is 0 Å². The Balaban J connectivity index is 1.72. The number of unbranched alkanes of at least 4 members (excludes halogenated alkanes) is 1. The maximum atomic E-state index is 12.0. The average Bonchev–Trinajstić information content (AvgIpc) is 2.72. The van der Waals surface area contributed by atoms with E-state index in [2.05, 4.69) is 9.80 Å². The van der Waals surface area contributed by atoms with Crippen molar-refractivity contribution < 1.29 is 4.79 Å². The Bertz CT molecular complexity index is 276. The molecule has 1 unspecified atom stereocenters. The molecule has 0 bridgehead atoms. The van der Waals surface area contributed by atoms with Gasteiger partial charge in [0.05, 0.1) is 6.04 Å². The van der Waals surface area contributed by atoms with E-state index in [0.717, 1.165) is 58.7 Å². The highest BCUT2D eigenvalue weighted by Gasteiger charge is 2.35. The molecule has 18 heavy (non-hydrogen) atoms. The van der Waals surface area contributed by atoms with Crippen molar-refractivity contribution in [3.05, 3.63) is 0 Å². The number of carbonyl (C=O) groups excluding carboxylic acids is 1. The predicted octanol–water partition coefficient (Wildman–Crippen LogP) is -0.426. The zero-order valence-corrected chi connectivity index (χ0v) is 11.5. The molecule has 104 valence electrons. The monoisotopic (exact) mass is 254 g/mol. The number of carbonyl (C=O) groups is 1. The van der Waals surface area contributed by atoms with Gasteiger partial charge in [-0.2, -0.15) is 0 Å². The van der Waals surface area contributed by atoms with Crippen molar-refractivity contribution in [3.63, 3.8) is 0 Å². The van der Waals surface area contributed by atoms with E-state index < -0.39 is 0 Å². The van der Waals surface area contributed by atoms with Crippen molar-refractivity contribution in [1.29, 1.82) is 0 Å². The first kappa shape index (κ1) is 13.8. The highest BCUT2D eigenvalue weighted by atomic mass is 16.2. The number of piperazine rings is 1. The summed E-state index contributed by atoms with van der Waals surface area (Å²) in [4.78, 5) is 18.7. The van der Waals surface area contributed by atoms with Crippen LogP contribution in [0.4, 0.5) is 0 Å². The molecular formula is C13H26N4O. The summed E-state index contributed by atoms with van der Waals surface area (Å²) in [6, 6.07) is 0.154. The fraction of sp³-hybridized carbons (Fsp3) is 0.923. The van der Waals surface area contributed by atoms with Gasteiger partial charge in [-0.05, 0) is 32.4 Å². The number of rotatable bonds is 5. The van der Waals surface area contributed by atoms with Crippen LogP contribution in [0.2, 0.25) is 0 Å². The van der Waals surface area contributed by atoms with Crippen LogP contribution in [0.1, 0.15) is 19.3 Å². The molecule has 2 rings (SSSR count). The molecule has 2 heterocycles. The Morgan fingerprint density at radius 3 is 2.44 bits per heavy atom. The first-order chi connectivity index (χ1) is 8.72. The Labute approximate surface area is 110 Å². The van der Waals surface area contributed by atoms with Crippen molar-refractivity contribution in [2.75, 3.05) is 52.9 Å². The molecule has 1 atom stereocenters. The topological polar surface area (TPSA) is 52.8 Å². The summed E-state index contributed by atoms with van der Waals surface area (Å²) in [6.45, 7) is 7.13. The van der Waals surface area contributed by atoms with E-state index in [1.54, 1.807) is 0 Å². The molecule has 0 aromatic rings. The number of amides is 1. The average molecular weight is 254 g/mol. The molecule has 5 nitrogen and oxygen atoms in total. The Hall–Kier alpha value is -0.650. The number of likely N-dealkylation sites (tertiary alicyclic amines) is 1. The number of hydrogen-bond donors (Lipinski definition) is 1. The van der Waals surface area contributed by atoms with E-state index in [9.17, 15) is 4.79 Å². The van der Waals surface area contributed by atoms with Crippen LogP contribution >= 0.6 is 0 Å². The molecule has 2 aliphatic heterocycles. The van der Waals surface area contributed by atoms with Gasteiger partial charge in [0, 0.05) is 39.8 Å². The summed E-state index contributed by atoms with van der Waals surface area (Å²) in [5, 5.41) is 0. The van der Waals surface area contributed by atoms with E-state index in [4.69, 9.17) is 5.73 Å². The van der Waals surface area contributed by atoms with E-state index in [1.807, 2.05) is 11.9 Å². The molecule has 2 saturated heterocycles. The third-order valence-corrected chi connectivity index (χ3v) is 4.18. The Morgan fingerprint density at radius 2 is 1.89 bits per heavy atom. The summed E-state index contributed by atoms with van der Waals surface area (Å²) in [5.41, 5.74) is 5.51. The van der Waals surface area contributed by atoms with Gasteiger partial charge in [-0.15, -0.1) is 0 Å². The zero-order valence-electron chi connectivity index (χ0n) is 11.5. The highest BCUT2D eigenvalue weighted by molar-refractivity contribution is 5.83. The second-order valence-corrected chi connectivity index (χ2v) is 5.44. The number of nitrogens with zero attached hydrogens (tertiary/aromatic N) is 3. The smallest absolute Gasteiger partial charge is 0.239 e. The summed E-state index contributed by atoms with van der Waals surface area (Å²) < 4.78 is 0. The van der Waals surface area contributed by atoms with Gasteiger partial charge in [-0.3, -0.25) is 9.69 Å². The highest BCUT2D eigenvalue weighted by Crippen LogP contribution is 2.17. The van der Waals surface area contributed by atoms with Gasteiger partial charge in [0.15, 0.2) is 0 Å². The fourth-order valence-corrected chi connectivity index (χ4v) is 2.92. The standard InChI is InChI=1S/C13H26N4O/c1-15-7-4-12(13(15)18)17-10-8-16(9-11-17)6-3-2-5-14/h12H,2-11,14H2,1H3. The lowest BCUT2D eigenvalue weighted by Gasteiger charge is -2.37. The minimum absolute atomic E-state index is 0.154. The first-order valence-corrected chi connectivity index (χ1v) is 7.14.